The highest BCUT2D eigenvalue weighted by Crippen LogP contribution is 1.96. The first-order valence-corrected chi connectivity index (χ1v) is 3.20. The van der Waals surface area contributed by atoms with Crippen molar-refractivity contribution in [2.75, 3.05) is 20.6 Å². The van der Waals surface area contributed by atoms with Gasteiger partial charge in [0.15, 0.2) is 0 Å². The molecule has 0 aromatic rings. The number of halogens is 1. The van der Waals surface area contributed by atoms with E-state index in [0.717, 1.165) is 11.0 Å². The maximum absolute atomic E-state index is 3.68. The highest BCUT2D eigenvalue weighted by molar-refractivity contribution is 4.71. The van der Waals surface area contributed by atoms with Crippen molar-refractivity contribution in [3.8, 4) is 0 Å². The summed E-state index contributed by atoms with van der Waals surface area (Å²) in [6.07, 6.45) is 6.13. The van der Waals surface area contributed by atoms with Crippen LogP contribution in [-0.4, -0.2) is 25.1 Å². The Morgan fingerprint density at radius 2 is 1.90 bits per heavy atom. The average molecular weight is 162 g/mol. The van der Waals surface area contributed by atoms with E-state index in [-0.39, 0.29) is 12.4 Å². The molecule has 0 N–H and O–H groups in total. The summed E-state index contributed by atoms with van der Waals surface area (Å²) in [6, 6.07) is 0. The summed E-state index contributed by atoms with van der Waals surface area (Å²) in [5.74, 6) is 0. The Balaban J connectivity index is 0. The second kappa shape index (κ2) is 5.51. The summed E-state index contributed by atoms with van der Waals surface area (Å²) in [7, 11) is 4.28. The van der Waals surface area contributed by atoms with Crippen LogP contribution in [0.2, 0.25) is 0 Å². The highest BCUT2D eigenvalue weighted by Gasteiger charge is 2.05. The minimum atomic E-state index is 0. The summed E-state index contributed by atoms with van der Waals surface area (Å²) in [5.41, 5.74) is 0. The van der Waals surface area contributed by atoms with Gasteiger partial charge >= 0.3 is 0 Å². The third-order valence-electron chi connectivity index (χ3n) is 1.15. The lowest BCUT2D eigenvalue weighted by atomic mass is 10.4. The van der Waals surface area contributed by atoms with E-state index in [2.05, 4.69) is 33.0 Å². The average Bonchev–Trinajstić information content (AvgIpc) is 1.64. The van der Waals surface area contributed by atoms with Gasteiger partial charge in [-0.1, -0.05) is 6.58 Å². The quantitative estimate of drug-likeness (QED) is 0.360. The van der Waals surface area contributed by atoms with Crippen LogP contribution in [0.15, 0.2) is 24.9 Å². The molecule has 0 rings (SSSR count). The molecule has 60 valence electrons. The summed E-state index contributed by atoms with van der Waals surface area (Å²) >= 11 is 0. The van der Waals surface area contributed by atoms with Crippen LogP contribution >= 0.6 is 0 Å². The zero-order valence-corrected chi connectivity index (χ0v) is 7.73. The van der Waals surface area contributed by atoms with Crippen LogP contribution in [0.1, 0.15) is 6.92 Å². The van der Waals surface area contributed by atoms with Gasteiger partial charge in [0, 0.05) is 0 Å². The Morgan fingerprint density at radius 3 is 2.20 bits per heavy atom. The second-order valence-electron chi connectivity index (χ2n) is 2.73. The molecule has 0 aromatic carbocycles. The lowest BCUT2D eigenvalue weighted by Crippen LogP contribution is -3.00. The van der Waals surface area contributed by atoms with E-state index in [9.17, 15) is 0 Å². The molecule has 0 fully saturated rings. The second-order valence-corrected chi connectivity index (χ2v) is 2.73. The number of nitrogens with zero attached hydrogens (tertiary/aromatic N) is 1. The molecule has 2 heteroatoms. The predicted octanol–water partition coefficient (Wildman–Crippen LogP) is -1.21. The van der Waals surface area contributed by atoms with Crippen molar-refractivity contribution in [3.05, 3.63) is 24.9 Å². The first kappa shape index (κ1) is 12.4. The molecule has 0 saturated heterocycles. The maximum atomic E-state index is 3.68. The van der Waals surface area contributed by atoms with E-state index in [1.165, 1.54) is 0 Å². The molecular formula is C8H16ClN. The van der Waals surface area contributed by atoms with Crippen molar-refractivity contribution in [2.24, 2.45) is 0 Å². The first-order valence-electron chi connectivity index (χ1n) is 3.20. The van der Waals surface area contributed by atoms with Crippen molar-refractivity contribution < 1.29 is 16.9 Å². The molecule has 1 nitrogen and oxygen atoms in total. The van der Waals surface area contributed by atoms with Crippen LogP contribution in [0.4, 0.5) is 0 Å². The van der Waals surface area contributed by atoms with Gasteiger partial charge in [-0.2, -0.15) is 0 Å². The molecule has 0 atom stereocenters. The maximum Gasteiger partial charge on any atom is 0.101 e. The van der Waals surface area contributed by atoms with Gasteiger partial charge < -0.3 is 12.4 Å². The third kappa shape index (κ3) is 5.86. The molecule has 10 heavy (non-hydrogen) atoms. The molecule has 0 heterocycles. The number of hydrogen-bond donors (Lipinski definition) is 0. The van der Waals surface area contributed by atoms with Crippen molar-refractivity contribution in [3.63, 3.8) is 0 Å². The predicted molar refractivity (Wildman–Crippen MR) is 42.0 cm³/mol. The fourth-order valence-electron chi connectivity index (χ4n) is 0.797. The number of likely N-dealkylation sites (N-methyl/N-ethyl adjacent to an activating group) is 1. The number of allylic oxidation sites excluding steroid dienone is 1. The fourth-order valence-corrected chi connectivity index (χ4v) is 0.797. The minimum Gasteiger partial charge on any atom is -1.00 e. The highest BCUT2D eigenvalue weighted by atomic mass is 35.5. The minimum absolute atomic E-state index is 0. The van der Waals surface area contributed by atoms with Crippen molar-refractivity contribution in [1.29, 1.82) is 0 Å². The molecule has 0 spiro atoms. The number of rotatable bonds is 3. The van der Waals surface area contributed by atoms with Gasteiger partial charge in [0.05, 0.1) is 20.3 Å². The number of quaternary nitrogens is 1. The molecule has 0 aromatic heterocycles. The molecule has 0 aliphatic rings. The zero-order chi connectivity index (χ0) is 7.33. The molecule has 0 aliphatic carbocycles. The first-order chi connectivity index (χ1) is 4.12. The smallest absolute Gasteiger partial charge is 0.101 e. The van der Waals surface area contributed by atoms with Gasteiger partial charge in [0.25, 0.3) is 0 Å². The Labute approximate surface area is 70.0 Å². The van der Waals surface area contributed by atoms with Crippen molar-refractivity contribution in [1.82, 2.24) is 0 Å². The van der Waals surface area contributed by atoms with Crippen molar-refractivity contribution in [2.45, 2.75) is 6.92 Å². The van der Waals surface area contributed by atoms with E-state index < -0.39 is 0 Å². The van der Waals surface area contributed by atoms with E-state index >= 15 is 0 Å². The topological polar surface area (TPSA) is 0 Å². The van der Waals surface area contributed by atoms with Gasteiger partial charge in [-0.3, -0.25) is 4.48 Å². The zero-order valence-electron chi connectivity index (χ0n) is 6.97. The van der Waals surface area contributed by atoms with Crippen LogP contribution in [0.5, 0.6) is 0 Å². The van der Waals surface area contributed by atoms with Gasteiger partial charge in [0.2, 0.25) is 0 Å². The van der Waals surface area contributed by atoms with E-state index in [1.807, 2.05) is 13.0 Å². The molecule has 0 bridgehead atoms. The van der Waals surface area contributed by atoms with Crippen molar-refractivity contribution >= 4 is 0 Å². The Kier molecular flexibility index (Phi) is 6.84. The van der Waals surface area contributed by atoms with Crippen LogP contribution in [0.25, 0.3) is 0 Å². The Hall–Kier alpha value is -0.270. The monoisotopic (exact) mass is 161 g/mol. The standard InChI is InChI=1S/C8H16N.ClH/c1-5-7-9(3,4)8-6-2;/h5-6,8H,1,7H2,2-4H3;1H/q+1;/p-1/b8-6-;. The Morgan fingerprint density at radius 1 is 1.40 bits per heavy atom. The normalized spacial score (nSPS) is 11.1. The van der Waals surface area contributed by atoms with Crippen LogP contribution in [0.3, 0.4) is 0 Å². The lowest BCUT2D eigenvalue weighted by Gasteiger charge is -2.22. The molecule has 0 saturated carbocycles. The van der Waals surface area contributed by atoms with E-state index in [4.69, 9.17) is 0 Å². The van der Waals surface area contributed by atoms with Crippen LogP contribution in [0, 0.1) is 0 Å². The van der Waals surface area contributed by atoms with E-state index in [1.54, 1.807) is 0 Å². The SMILES string of the molecule is C=CC[N+](C)(C)/C=C\C.[Cl-]. The van der Waals surface area contributed by atoms with Gasteiger partial charge in [0.1, 0.15) is 6.54 Å². The molecule has 0 amide bonds. The fraction of sp³-hybridized carbons (Fsp3) is 0.500. The Bertz CT molecular complexity index is 116. The summed E-state index contributed by atoms with van der Waals surface area (Å²) in [5, 5.41) is 0. The molecule has 0 aliphatic heterocycles. The van der Waals surface area contributed by atoms with Gasteiger partial charge in [-0.15, -0.1) is 0 Å². The molecule has 0 unspecified atom stereocenters. The summed E-state index contributed by atoms with van der Waals surface area (Å²) < 4.78 is 0.889. The lowest BCUT2D eigenvalue weighted by molar-refractivity contribution is -0.832. The van der Waals surface area contributed by atoms with Crippen LogP contribution in [-0.2, 0) is 0 Å². The molecular weight excluding hydrogens is 146 g/mol. The largest absolute Gasteiger partial charge is 1.00 e. The summed E-state index contributed by atoms with van der Waals surface area (Å²) in [6.45, 7) is 6.70. The molecule has 0 radical (unpaired) electrons. The number of hydrogen-bond acceptors (Lipinski definition) is 0. The van der Waals surface area contributed by atoms with E-state index in [0.29, 0.717) is 0 Å². The summed E-state index contributed by atoms with van der Waals surface area (Å²) in [4.78, 5) is 0. The third-order valence-corrected chi connectivity index (χ3v) is 1.15. The van der Waals surface area contributed by atoms with Crippen LogP contribution < -0.4 is 12.4 Å². The van der Waals surface area contributed by atoms with Gasteiger partial charge in [-0.05, 0) is 19.1 Å². The van der Waals surface area contributed by atoms with Gasteiger partial charge in [-0.25, -0.2) is 0 Å².